The lowest BCUT2D eigenvalue weighted by atomic mass is 9.88. The van der Waals surface area contributed by atoms with Crippen molar-refractivity contribution in [2.45, 2.75) is 53.9 Å². The van der Waals surface area contributed by atoms with Crippen molar-refractivity contribution in [2.75, 3.05) is 0 Å². The minimum Gasteiger partial charge on any atom is -0.0625 e. The molecule has 0 bridgehead atoms. The second kappa shape index (κ2) is 4.48. The van der Waals surface area contributed by atoms with E-state index in [1.807, 2.05) is 0 Å². The third-order valence-electron chi connectivity index (χ3n) is 4.12. The van der Waals surface area contributed by atoms with Gasteiger partial charge in [0.1, 0.15) is 0 Å². The summed E-state index contributed by atoms with van der Waals surface area (Å²) in [4.78, 5) is 0. The van der Waals surface area contributed by atoms with Crippen molar-refractivity contribution in [3.05, 3.63) is 0 Å². The van der Waals surface area contributed by atoms with Crippen LogP contribution in [-0.4, -0.2) is 0 Å². The fraction of sp³-hybridized carbons (Fsp3) is 1.00. The van der Waals surface area contributed by atoms with Gasteiger partial charge in [-0.2, -0.15) is 0 Å². The van der Waals surface area contributed by atoms with Gasteiger partial charge in [-0.25, -0.2) is 0 Å². The van der Waals surface area contributed by atoms with Gasteiger partial charge in [0.25, 0.3) is 0 Å². The molecule has 78 valence electrons. The van der Waals surface area contributed by atoms with E-state index >= 15 is 0 Å². The number of hydrogen-bond donors (Lipinski definition) is 0. The Morgan fingerprint density at radius 3 is 2.00 bits per heavy atom. The molecule has 0 nitrogen and oxygen atoms in total. The first-order valence-electron chi connectivity index (χ1n) is 6.02. The summed E-state index contributed by atoms with van der Waals surface area (Å²) in [5.41, 5.74) is 0. The summed E-state index contributed by atoms with van der Waals surface area (Å²) in [6, 6.07) is 0. The molecule has 0 aromatic carbocycles. The average Bonchev–Trinajstić information content (AvgIpc) is 2.77. The predicted molar refractivity (Wildman–Crippen MR) is 59.7 cm³/mol. The third-order valence-corrected chi connectivity index (χ3v) is 4.12. The standard InChI is InChI=1S/C13H26/c1-9(2)10(3)6-7-11(4)13-8-12(13)5/h9-13H,6-8H2,1-5H3. The largest absolute Gasteiger partial charge is 0.0625 e. The average molecular weight is 182 g/mol. The van der Waals surface area contributed by atoms with E-state index in [0.717, 1.165) is 29.6 Å². The molecule has 0 radical (unpaired) electrons. The van der Waals surface area contributed by atoms with Gasteiger partial charge in [-0.15, -0.1) is 0 Å². The van der Waals surface area contributed by atoms with Gasteiger partial charge in [0.15, 0.2) is 0 Å². The van der Waals surface area contributed by atoms with Crippen LogP contribution >= 0.6 is 0 Å². The predicted octanol–water partition coefficient (Wildman–Crippen LogP) is 4.35. The first kappa shape index (κ1) is 11.1. The highest BCUT2D eigenvalue weighted by Crippen LogP contribution is 2.45. The summed E-state index contributed by atoms with van der Waals surface area (Å²) in [5.74, 6) is 4.86. The summed E-state index contributed by atoms with van der Waals surface area (Å²) in [6.45, 7) is 11.9. The molecule has 0 heterocycles. The molecule has 0 aliphatic heterocycles. The van der Waals surface area contributed by atoms with Crippen LogP contribution in [0.4, 0.5) is 0 Å². The van der Waals surface area contributed by atoms with E-state index in [1.165, 1.54) is 19.3 Å². The van der Waals surface area contributed by atoms with Crippen LogP contribution in [0, 0.1) is 29.6 Å². The van der Waals surface area contributed by atoms with E-state index in [4.69, 9.17) is 0 Å². The quantitative estimate of drug-likeness (QED) is 0.593. The van der Waals surface area contributed by atoms with Gasteiger partial charge >= 0.3 is 0 Å². The smallest absolute Gasteiger partial charge is 0.0360 e. The molecule has 0 heteroatoms. The van der Waals surface area contributed by atoms with Gasteiger partial charge in [0, 0.05) is 0 Å². The molecule has 1 saturated carbocycles. The number of rotatable bonds is 5. The summed E-state index contributed by atoms with van der Waals surface area (Å²) in [7, 11) is 0. The molecule has 0 aromatic rings. The van der Waals surface area contributed by atoms with Gasteiger partial charge in [-0.05, 0) is 36.0 Å². The van der Waals surface area contributed by atoms with Crippen LogP contribution in [0.1, 0.15) is 53.9 Å². The Labute approximate surface area is 84.1 Å². The Kier molecular flexibility index (Phi) is 3.82. The molecule has 4 unspecified atom stereocenters. The highest BCUT2D eigenvalue weighted by Gasteiger charge is 2.36. The zero-order valence-corrected chi connectivity index (χ0v) is 10.0. The molecule has 0 aromatic heterocycles. The molecule has 0 amide bonds. The van der Waals surface area contributed by atoms with Crippen LogP contribution in [0.3, 0.4) is 0 Å². The lowest BCUT2D eigenvalue weighted by molar-refractivity contribution is 0.332. The molecule has 1 rings (SSSR count). The van der Waals surface area contributed by atoms with E-state index in [1.54, 1.807) is 0 Å². The van der Waals surface area contributed by atoms with Crippen molar-refractivity contribution in [2.24, 2.45) is 29.6 Å². The normalized spacial score (nSPS) is 31.8. The summed E-state index contributed by atoms with van der Waals surface area (Å²) in [5, 5.41) is 0. The number of hydrogen-bond acceptors (Lipinski definition) is 0. The van der Waals surface area contributed by atoms with E-state index in [9.17, 15) is 0 Å². The third kappa shape index (κ3) is 3.32. The summed E-state index contributed by atoms with van der Waals surface area (Å²) in [6.07, 6.45) is 4.38. The van der Waals surface area contributed by atoms with E-state index < -0.39 is 0 Å². The van der Waals surface area contributed by atoms with Gasteiger partial charge in [-0.3, -0.25) is 0 Å². The Morgan fingerprint density at radius 1 is 1.08 bits per heavy atom. The minimum atomic E-state index is 0.865. The lowest BCUT2D eigenvalue weighted by Crippen LogP contribution is -2.07. The molecule has 0 saturated heterocycles. The summed E-state index contributed by atoms with van der Waals surface area (Å²) >= 11 is 0. The SMILES string of the molecule is CC(C)C(C)CCC(C)C1CC1C. The van der Waals surface area contributed by atoms with Crippen molar-refractivity contribution in [3.63, 3.8) is 0 Å². The van der Waals surface area contributed by atoms with E-state index in [2.05, 4.69) is 34.6 Å². The second-order valence-corrected chi connectivity index (χ2v) is 5.65. The summed E-state index contributed by atoms with van der Waals surface area (Å²) < 4.78 is 0. The van der Waals surface area contributed by atoms with Crippen molar-refractivity contribution in [1.29, 1.82) is 0 Å². The van der Waals surface area contributed by atoms with Crippen molar-refractivity contribution in [3.8, 4) is 0 Å². The molecule has 1 aliphatic rings. The molecule has 1 aliphatic carbocycles. The maximum Gasteiger partial charge on any atom is -0.0360 e. The zero-order chi connectivity index (χ0) is 10.0. The molecule has 13 heavy (non-hydrogen) atoms. The Hall–Kier alpha value is 0. The van der Waals surface area contributed by atoms with Crippen molar-refractivity contribution < 1.29 is 0 Å². The molecule has 0 spiro atoms. The maximum atomic E-state index is 2.45. The highest BCUT2D eigenvalue weighted by atomic mass is 14.4. The molecule has 4 atom stereocenters. The monoisotopic (exact) mass is 182 g/mol. The van der Waals surface area contributed by atoms with Gasteiger partial charge in [-0.1, -0.05) is 47.5 Å². The lowest BCUT2D eigenvalue weighted by Gasteiger charge is -2.18. The highest BCUT2D eigenvalue weighted by molar-refractivity contribution is 4.86. The first-order valence-corrected chi connectivity index (χ1v) is 6.02. The Balaban J connectivity index is 2.11. The molecule has 1 fully saturated rings. The topological polar surface area (TPSA) is 0 Å². The van der Waals surface area contributed by atoms with Gasteiger partial charge in [0.05, 0.1) is 0 Å². The van der Waals surface area contributed by atoms with Crippen LogP contribution in [0.25, 0.3) is 0 Å². The van der Waals surface area contributed by atoms with Crippen LogP contribution in [0.5, 0.6) is 0 Å². The molecular formula is C13H26. The molecule has 0 N–H and O–H groups in total. The first-order chi connectivity index (χ1) is 6.02. The Bertz CT molecular complexity index is 148. The van der Waals surface area contributed by atoms with Crippen molar-refractivity contribution in [1.82, 2.24) is 0 Å². The second-order valence-electron chi connectivity index (χ2n) is 5.65. The van der Waals surface area contributed by atoms with Gasteiger partial charge in [0.2, 0.25) is 0 Å². The van der Waals surface area contributed by atoms with Crippen LogP contribution < -0.4 is 0 Å². The van der Waals surface area contributed by atoms with Gasteiger partial charge < -0.3 is 0 Å². The minimum absolute atomic E-state index is 0.865. The fourth-order valence-electron chi connectivity index (χ4n) is 2.22. The van der Waals surface area contributed by atoms with Crippen LogP contribution in [0.2, 0.25) is 0 Å². The Morgan fingerprint density at radius 2 is 1.62 bits per heavy atom. The fourth-order valence-corrected chi connectivity index (χ4v) is 2.22. The van der Waals surface area contributed by atoms with Crippen LogP contribution in [0.15, 0.2) is 0 Å². The van der Waals surface area contributed by atoms with Crippen LogP contribution in [-0.2, 0) is 0 Å². The van der Waals surface area contributed by atoms with E-state index in [0.29, 0.717) is 0 Å². The molecular weight excluding hydrogens is 156 g/mol. The maximum absolute atomic E-state index is 2.45. The zero-order valence-electron chi connectivity index (χ0n) is 10.0. The van der Waals surface area contributed by atoms with Crippen molar-refractivity contribution >= 4 is 0 Å². The van der Waals surface area contributed by atoms with E-state index in [-0.39, 0.29) is 0 Å².